The molecule has 1 aliphatic rings. The van der Waals surface area contributed by atoms with Gasteiger partial charge in [-0.3, -0.25) is 9.69 Å². The lowest BCUT2D eigenvalue weighted by Crippen LogP contribution is -2.58. The van der Waals surface area contributed by atoms with Gasteiger partial charge in [0.1, 0.15) is 0 Å². The number of carbonyl (C=O) groups excluding carboxylic acids is 1. The van der Waals surface area contributed by atoms with E-state index >= 15 is 0 Å². The van der Waals surface area contributed by atoms with E-state index in [9.17, 15) is 4.79 Å². The van der Waals surface area contributed by atoms with Gasteiger partial charge in [0, 0.05) is 24.2 Å². The SMILES string of the molecule is CCN(CC(=O)NC(C)c1ccccc1Cl)C1CNC1. The second-order valence-electron chi connectivity index (χ2n) is 5.19. The maximum Gasteiger partial charge on any atom is 0.234 e. The van der Waals surface area contributed by atoms with Gasteiger partial charge in [0.25, 0.3) is 0 Å². The normalized spacial score (nSPS) is 16.8. The summed E-state index contributed by atoms with van der Waals surface area (Å²) in [6.45, 7) is 7.32. The molecule has 1 heterocycles. The molecule has 0 bridgehead atoms. The molecule has 0 aliphatic carbocycles. The molecule has 1 unspecified atom stereocenters. The Morgan fingerprint density at radius 1 is 1.50 bits per heavy atom. The maximum absolute atomic E-state index is 12.1. The molecule has 4 nitrogen and oxygen atoms in total. The molecule has 1 amide bonds. The van der Waals surface area contributed by atoms with Crippen LogP contribution in [-0.2, 0) is 4.79 Å². The summed E-state index contributed by atoms with van der Waals surface area (Å²) in [5, 5.41) is 6.94. The van der Waals surface area contributed by atoms with E-state index in [-0.39, 0.29) is 11.9 Å². The number of nitrogens with one attached hydrogen (secondary N) is 2. The lowest BCUT2D eigenvalue weighted by atomic mass is 10.1. The Morgan fingerprint density at radius 3 is 2.75 bits per heavy atom. The van der Waals surface area contributed by atoms with Crippen molar-refractivity contribution in [3.8, 4) is 0 Å². The van der Waals surface area contributed by atoms with E-state index in [0.717, 1.165) is 25.2 Å². The summed E-state index contributed by atoms with van der Waals surface area (Å²) in [7, 11) is 0. The van der Waals surface area contributed by atoms with Crippen LogP contribution in [-0.4, -0.2) is 43.0 Å². The van der Waals surface area contributed by atoms with Crippen LogP contribution in [0.3, 0.4) is 0 Å². The molecular formula is C15H22ClN3O. The largest absolute Gasteiger partial charge is 0.348 e. The van der Waals surface area contributed by atoms with Gasteiger partial charge in [0.15, 0.2) is 0 Å². The predicted octanol–water partition coefficient (Wildman–Crippen LogP) is 1.81. The average Bonchev–Trinajstić information content (AvgIpc) is 2.36. The second-order valence-corrected chi connectivity index (χ2v) is 5.59. The molecule has 0 aromatic heterocycles. The average molecular weight is 296 g/mol. The summed E-state index contributed by atoms with van der Waals surface area (Å²) < 4.78 is 0. The highest BCUT2D eigenvalue weighted by atomic mass is 35.5. The van der Waals surface area contributed by atoms with Crippen molar-refractivity contribution in [3.63, 3.8) is 0 Å². The molecule has 1 aromatic rings. The highest BCUT2D eigenvalue weighted by molar-refractivity contribution is 6.31. The highest BCUT2D eigenvalue weighted by Crippen LogP contribution is 2.22. The topological polar surface area (TPSA) is 44.4 Å². The maximum atomic E-state index is 12.1. The third-order valence-electron chi connectivity index (χ3n) is 3.78. The molecule has 1 aromatic carbocycles. The molecule has 110 valence electrons. The van der Waals surface area contributed by atoms with Gasteiger partial charge < -0.3 is 10.6 Å². The summed E-state index contributed by atoms with van der Waals surface area (Å²) in [6.07, 6.45) is 0. The van der Waals surface area contributed by atoms with Crippen molar-refractivity contribution in [2.24, 2.45) is 0 Å². The fourth-order valence-electron chi connectivity index (χ4n) is 2.41. The Bertz CT molecular complexity index is 462. The van der Waals surface area contributed by atoms with Gasteiger partial charge in [-0.15, -0.1) is 0 Å². The van der Waals surface area contributed by atoms with Crippen LogP contribution in [0, 0.1) is 0 Å². The van der Waals surface area contributed by atoms with E-state index in [4.69, 9.17) is 11.6 Å². The number of likely N-dealkylation sites (N-methyl/N-ethyl adjacent to an activating group) is 1. The predicted molar refractivity (Wildman–Crippen MR) is 81.9 cm³/mol. The molecule has 5 heteroatoms. The Kier molecular flexibility index (Phi) is 5.40. The number of halogens is 1. The molecule has 1 atom stereocenters. The summed E-state index contributed by atoms with van der Waals surface area (Å²) in [5.74, 6) is 0.0474. The number of carbonyl (C=O) groups is 1. The van der Waals surface area contributed by atoms with Gasteiger partial charge in [0.05, 0.1) is 12.6 Å². The molecular weight excluding hydrogens is 274 g/mol. The first-order chi connectivity index (χ1) is 9.61. The van der Waals surface area contributed by atoms with Crippen LogP contribution in [0.15, 0.2) is 24.3 Å². The quantitative estimate of drug-likeness (QED) is 0.841. The monoisotopic (exact) mass is 295 g/mol. The molecule has 20 heavy (non-hydrogen) atoms. The third kappa shape index (κ3) is 3.72. The van der Waals surface area contributed by atoms with Crippen LogP contribution in [0.1, 0.15) is 25.5 Å². The molecule has 1 saturated heterocycles. The van der Waals surface area contributed by atoms with Crippen molar-refractivity contribution in [1.29, 1.82) is 0 Å². The van der Waals surface area contributed by atoms with Gasteiger partial charge in [-0.25, -0.2) is 0 Å². The van der Waals surface area contributed by atoms with Crippen LogP contribution in [0.4, 0.5) is 0 Å². The first kappa shape index (κ1) is 15.3. The van der Waals surface area contributed by atoms with E-state index < -0.39 is 0 Å². The van der Waals surface area contributed by atoms with E-state index in [1.54, 1.807) is 0 Å². The van der Waals surface area contributed by atoms with Crippen molar-refractivity contribution < 1.29 is 4.79 Å². The van der Waals surface area contributed by atoms with Gasteiger partial charge in [-0.05, 0) is 25.1 Å². The highest BCUT2D eigenvalue weighted by Gasteiger charge is 2.25. The minimum Gasteiger partial charge on any atom is -0.348 e. The molecule has 2 N–H and O–H groups in total. The molecule has 0 radical (unpaired) electrons. The number of amides is 1. The first-order valence-electron chi connectivity index (χ1n) is 7.10. The van der Waals surface area contributed by atoms with Crippen molar-refractivity contribution in [2.75, 3.05) is 26.2 Å². The summed E-state index contributed by atoms with van der Waals surface area (Å²) in [6, 6.07) is 8.03. The van der Waals surface area contributed by atoms with Crippen LogP contribution < -0.4 is 10.6 Å². The zero-order valence-electron chi connectivity index (χ0n) is 12.0. The minimum absolute atomic E-state index is 0.0474. The van der Waals surface area contributed by atoms with E-state index in [0.29, 0.717) is 17.6 Å². The van der Waals surface area contributed by atoms with Gasteiger partial charge in [-0.2, -0.15) is 0 Å². The number of hydrogen-bond donors (Lipinski definition) is 2. The Hall–Kier alpha value is -1.10. The number of hydrogen-bond acceptors (Lipinski definition) is 3. The van der Waals surface area contributed by atoms with E-state index in [2.05, 4.69) is 22.5 Å². The van der Waals surface area contributed by atoms with Crippen LogP contribution >= 0.6 is 11.6 Å². The Morgan fingerprint density at radius 2 is 2.20 bits per heavy atom. The van der Waals surface area contributed by atoms with Crippen molar-refractivity contribution in [1.82, 2.24) is 15.5 Å². The minimum atomic E-state index is -0.0746. The zero-order valence-corrected chi connectivity index (χ0v) is 12.8. The molecule has 1 aliphatic heterocycles. The van der Waals surface area contributed by atoms with Crippen LogP contribution in [0.25, 0.3) is 0 Å². The Labute approximate surface area is 125 Å². The molecule has 2 rings (SSSR count). The first-order valence-corrected chi connectivity index (χ1v) is 7.48. The van der Waals surface area contributed by atoms with Crippen LogP contribution in [0.2, 0.25) is 5.02 Å². The number of nitrogens with zero attached hydrogens (tertiary/aromatic N) is 1. The zero-order chi connectivity index (χ0) is 14.5. The molecule has 1 fully saturated rings. The molecule has 0 saturated carbocycles. The van der Waals surface area contributed by atoms with E-state index in [1.807, 2.05) is 31.2 Å². The summed E-state index contributed by atoms with van der Waals surface area (Å²) in [4.78, 5) is 14.3. The van der Waals surface area contributed by atoms with Crippen molar-refractivity contribution in [3.05, 3.63) is 34.9 Å². The van der Waals surface area contributed by atoms with Gasteiger partial charge in [-0.1, -0.05) is 36.7 Å². The third-order valence-corrected chi connectivity index (χ3v) is 4.12. The van der Waals surface area contributed by atoms with Crippen molar-refractivity contribution in [2.45, 2.75) is 25.9 Å². The summed E-state index contributed by atoms with van der Waals surface area (Å²) in [5.41, 5.74) is 0.955. The summed E-state index contributed by atoms with van der Waals surface area (Å²) >= 11 is 6.15. The van der Waals surface area contributed by atoms with Gasteiger partial charge in [0.2, 0.25) is 5.91 Å². The number of rotatable bonds is 6. The van der Waals surface area contributed by atoms with E-state index in [1.165, 1.54) is 0 Å². The van der Waals surface area contributed by atoms with Crippen LogP contribution in [0.5, 0.6) is 0 Å². The fraction of sp³-hybridized carbons (Fsp3) is 0.533. The van der Waals surface area contributed by atoms with Gasteiger partial charge >= 0.3 is 0 Å². The Balaban J connectivity index is 1.89. The smallest absolute Gasteiger partial charge is 0.234 e. The standard InChI is InChI=1S/C15H22ClN3O/c1-3-19(12-8-17-9-12)10-15(20)18-11(2)13-6-4-5-7-14(13)16/h4-7,11-12,17H,3,8-10H2,1-2H3,(H,18,20). The number of benzene rings is 1. The van der Waals surface area contributed by atoms with Crippen molar-refractivity contribution >= 4 is 17.5 Å². The lowest BCUT2D eigenvalue weighted by Gasteiger charge is -2.37. The lowest BCUT2D eigenvalue weighted by molar-refractivity contribution is -0.123. The molecule has 0 spiro atoms. The fourth-order valence-corrected chi connectivity index (χ4v) is 2.71. The second kappa shape index (κ2) is 7.07.